The highest BCUT2D eigenvalue weighted by Crippen LogP contribution is 2.23. The van der Waals surface area contributed by atoms with Gasteiger partial charge < -0.3 is 10.1 Å². The Morgan fingerprint density at radius 2 is 1.68 bits per heavy atom. The van der Waals surface area contributed by atoms with Crippen LogP contribution in [-0.4, -0.2) is 20.9 Å². The molecule has 3 aromatic carbocycles. The number of ether oxygens (including phenoxy) is 1. The van der Waals surface area contributed by atoms with Gasteiger partial charge in [0.25, 0.3) is 15.9 Å². The van der Waals surface area contributed by atoms with Crippen LogP contribution in [0.2, 0.25) is 0 Å². The van der Waals surface area contributed by atoms with Crippen molar-refractivity contribution in [2.24, 2.45) is 0 Å². The van der Waals surface area contributed by atoms with E-state index in [1.54, 1.807) is 0 Å². The Kier molecular flexibility index (Phi) is 6.60. The lowest BCUT2D eigenvalue weighted by Crippen LogP contribution is -2.20. The highest BCUT2D eigenvalue weighted by molar-refractivity contribution is 7.92. The van der Waals surface area contributed by atoms with E-state index in [-0.39, 0.29) is 23.1 Å². The molecule has 0 saturated carbocycles. The Morgan fingerprint density at radius 1 is 1.00 bits per heavy atom. The van der Waals surface area contributed by atoms with Gasteiger partial charge in [0, 0.05) is 5.69 Å². The standard InChI is InChI=1S/C23H23FN2O4S/c1-15-12-16(2)17(3)22(13-15)30-14-23(27)25-18-8-10-19(11-9-18)31(28,29)26-21-7-5-4-6-20(21)24/h4-13,26H,14H2,1-3H3,(H,25,27). The molecule has 0 aliphatic heterocycles. The molecule has 31 heavy (non-hydrogen) atoms. The fourth-order valence-electron chi connectivity index (χ4n) is 2.96. The van der Waals surface area contributed by atoms with Crippen LogP contribution in [0.25, 0.3) is 0 Å². The lowest BCUT2D eigenvalue weighted by atomic mass is 10.1. The van der Waals surface area contributed by atoms with E-state index in [2.05, 4.69) is 10.0 Å². The van der Waals surface area contributed by atoms with Gasteiger partial charge in [0.1, 0.15) is 11.6 Å². The summed E-state index contributed by atoms with van der Waals surface area (Å²) in [4.78, 5) is 12.2. The molecule has 0 saturated heterocycles. The molecule has 0 heterocycles. The lowest BCUT2D eigenvalue weighted by Gasteiger charge is -2.13. The molecule has 162 valence electrons. The van der Waals surface area contributed by atoms with E-state index in [4.69, 9.17) is 4.74 Å². The predicted molar refractivity (Wildman–Crippen MR) is 118 cm³/mol. The smallest absolute Gasteiger partial charge is 0.262 e. The van der Waals surface area contributed by atoms with Crippen molar-refractivity contribution in [3.05, 3.63) is 83.2 Å². The number of anilines is 2. The second kappa shape index (κ2) is 9.18. The molecule has 0 aliphatic rings. The summed E-state index contributed by atoms with van der Waals surface area (Å²) in [5.74, 6) is -0.402. The summed E-state index contributed by atoms with van der Waals surface area (Å²) < 4.78 is 46.5. The predicted octanol–water partition coefficient (Wildman–Crippen LogP) is 4.57. The number of halogens is 1. The molecule has 0 bridgehead atoms. The van der Waals surface area contributed by atoms with Gasteiger partial charge in [0.05, 0.1) is 10.6 Å². The first kappa shape index (κ1) is 22.3. The van der Waals surface area contributed by atoms with E-state index in [9.17, 15) is 17.6 Å². The van der Waals surface area contributed by atoms with Crippen molar-refractivity contribution in [2.75, 3.05) is 16.6 Å². The third kappa shape index (κ3) is 5.61. The summed E-state index contributed by atoms with van der Waals surface area (Å²) in [5.41, 5.74) is 3.36. The Bertz CT molecular complexity index is 1210. The molecule has 0 spiro atoms. The molecule has 0 radical (unpaired) electrons. The lowest BCUT2D eigenvalue weighted by molar-refractivity contribution is -0.118. The largest absolute Gasteiger partial charge is 0.483 e. The molecular weight excluding hydrogens is 419 g/mol. The van der Waals surface area contributed by atoms with Gasteiger partial charge in [-0.1, -0.05) is 18.2 Å². The summed E-state index contributed by atoms with van der Waals surface area (Å²) in [6, 6.07) is 15.0. The van der Waals surface area contributed by atoms with E-state index in [0.29, 0.717) is 11.4 Å². The van der Waals surface area contributed by atoms with Crippen LogP contribution < -0.4 is 14.8 Å². The molecule has 0 unspecified atom stereocenters. The maximum absolute atomic E-state index is 13.7. The molecule has 0 atom stereocenters. The number of hydrogen-bond acceptors (Lipinski definition) is 4. The summed E-state index contributed by atoms with van der Waals surface area (Å²) in [6.07, 6.45) is 0. The van der Waals surface area contributed by atoms with Crippen LogP contribution in [0.4, 0.5) is 15.8 Å². The fourth-order valence-corrected chi connectivity index (χ4v) is 4.02. The second-order valence-corrected chi connectivity index (χ2v) is 8.83. The van der Waals surface area contributed by atoms with Gasteiger partial charge in [-0.2, -0.15) is 0 Å². The van der Waals surface area contributed by atoms with Gasteiger partial charge in [-0.15, -0.1) is 0 Å². The summed E-state index contributed by atoms with van der Waals surface area (Å²) in [7, 11) is -3.97. The van der Waals surface area contributed by atoms with Crippen LogP contribution in [0.3, 0.4) is 0 Å². The number of sulfonamides is 1. The van der Waals surface area contributed by atoms with Crippen LogP contribution in [-0.2, 0) is 14.8 Å². The molecular formula is C23H23FN2O4S. The maximum Gasteiger partial charge on any atom is 0.262 e. The number of carbonyl (C=O) groups excluding carboxylic acids is 1. The number of nitrogens with one attached hydrogen (secondary N) is 2. The van der Waals surface area contributed by atoms with E-state index in [1.807, 2.05) is 32.9 Å². The number of benzene rings is 3. The molecule has 0 aromatic heterocycles. The average molecular weight is 443 g/mol. The molecule has 1 amide bonds. The topological polar surface area (TPSA) is 84.5 Å². The van der Waals surface area contributed by atoms with E-state index in [1.165, 1.54) is 42.5 Å². The van der Waals surface area contributed by atoms with Crippen LogP contribution in [0.1, 0.15) is 16.7 Å². The third-order valence-electron chi connectivity index (χ3n) is 4.69. The first-order chi connectivity index (χ1) is 14.7. The summed E-state index contributed by atoms with van der Waals surface area (Å²) in [6.45, 7) is 5.68. The minimum absolute atomic E-state index is 0.0594. The average Bonchev–Trinajstić information content (AvgIpc) is 2.71. The van der Waals surface area contributed by atoms with Crippen molar-refractivity contribution in [1.29, 1.82) is 0 Å². The first-order valence-corrected chi connectivity index (χ1v) is 11.0. The molecule has 0 aliphatic carbocycles. The number of rotatable bonds is 7. The van der Waals surface area contributed by atoms with Crippen molar-refractivity contribution in [3.8, 4) is 5.75 Å². The molecule has 8 heteroatoms. The fraction of sp³-hybridized carbons (Fsp3) is 0.174. The van der Waals surface area contributed by atoms with Crippen molar-refractivity contribution in [1.82, 2.24) is 0 Å². The highest BCUT2D eigenvalue weighted by atomic mass is 32.2. The van der Waals surface area contributed by atoms with Crippen LogP contribution in [0.5, 0.6) is 5.75 Å². The second-order valence-electron chi connectivity index (χ2n) is 7.15. The van der Waals surface area contributed by atoms with Gasteiger partial charge in [-0.25, -0.2) is 12.8 Å². The minimum Gasteiger partial charge on any atom is -0.483 e. The number of aryl methyl sites for hydroxylation is 2. The Hall–Kier alpha value is -3.39. The zero-order valence-corrected chi connectivity index (χ0v) is 18.2. The van der Waals surface area contributed by atoms with Crippen molar-refractivity contribution in [3.63, 3.8) is 0 Å². The summed E-state index contributed by atoms with van der Waals surface area (Å²) in [5, 5.41) is 2.66. The molecule has 3 aromatic rings. The quantitative estimate of drug-likeness (QED) is 0.561. The van der Waals surface area contributed by atoms with E-state index >= 15 is 0 Å². The van der Waals surface area contributed by atoms with Crippen LogP contribution in [0, 0.1) is 26.6 Å². The molecule has 2 N–H and O–H groups in total. The van der Waals surface area contributed by atoms with Gasteiger partial charge in [0.15, 0.2) is 6.61 Å². The SMILES string of the molecule is Cc1cc(C)c(C)c(OCC(=O)Nc2ccc(S(=O)(=O)Nc3ccccc3F)cc2)c1. The molecule has 6 nitrogen and oxygen atoms in total. The highest BCUT2D eigenvalue weighted by Gasteiger charge is 2.16. The molecule has 3 rings (SSSR count). The zero-order chi connectivity index (χ0) is 22.6. The van der Waals surface area contributed by atoms with E-state index in [0.717, 1.165) is 22.8 Å². The number of amides is 1. The van der Waals surface area contributed by atoms with Gasteiger partial charge >= 0.3 is 0 Å². The van der Waals surface area contributed by atoms with Crippen molar-refractivity contribution in [2.45, 2.75) is 25.7 Å². The monoisotopic (exact) mass is 442 g/mol. The summed E-state index contributed by atoms with van der Waals surface area (Å²) >= 11 is 0. The van der Waals surface area contributed by atoms with Crippen molar-refractivity contribution >= 4 is 27.3 Å². The number of carbonyl (C=O) groups is 1. The first-order valence-electron chi connectivity index (χ1n) is 9.53. The van der Waals surface area contributed by atoms with Gasteiger partial charge in [-0.3, -0.25) is 9.52 Å². The van der Waals surface area contributed by atoms with E-state index < -0.39 is 15.8 Å². The normalized spacial score (nSPS) is 11.1. The Labute approximate surface area is 181 Å². The van der Waals surface area contributed by atoms with Gasteiger partial charge in [-0.05, 0) is 79.9 Å². The number of para-hydroxylation sites is 1. The Morgan fingerprint density at radius 3 is 2.35 bits per heavy atom. The maximum atomic E-state index is 13.7. The third-order valence-corrected chi connectivity index (χ3v) is 6.07. The van der Waals surface area contributed by atoms with Crippen LogP contribution in [0.15, 0.2) is 65.6 Å². The minimum atomic E-state index is -3.97. The number of hydrogen-bond donors (Lipinski definition) is 2. The zero-order valence-electron chi connectivity index (χ0n) is 17.4. The molecule has 0 fully saturated rings. The Balaban J connectivity index is 1.62. The van der Waals surface area contributed by atoms with Crippen molar-refractivity contribution < 1.29 is 22.3 Å². The van der Waals surface area contributed by atoms with Crippen LogP contribution >= 0.6 is 0 Å². The van der Waals surface area contributed by atoms with Gasteiger partial charge in [0.2, 0.25) is 0 Å².